The van der Waals surface area contributed by atoms with Gasteiger partial charge in [-0.05, 0) is 35.4 Å². The second kappa shape index (κ2) is 4.71. The van der Waals surface area contributed by atoms with Crippen molar-refractivity contribution in [3.63, 3.8) is 0 Å². The van der Waals surface area contributed by atoms with Gasteiger partial charge in [0.25, 0.3) is 0 Å². The van der Waals surface area contributed by atoms with Crippen LogP contribution < -0.4 is 4.57 Å². The van der Waals surface area contributed by atoms with Crippen LogP contribution in [-0.4, -0.2) is 15.0 Å². The third-order valence-corrected chi connectivity index (χ3v) is 2.63. The summed E-state index contributed by atoms with van der Waals surface area (Å²) in [5.74, 6) is 0.666. The molecule has 0 aliphatic carbocycles. The van der Waals surface area contributed by atoms with Crippen LogP contribution in [0.5, 0.6) is 0 Å². The lowest BCUT2D eigenvalue weighted by atomic mass is 10.1. The molecular formula is C14H11N4+. The number of hydrogen-bond donors (Lipinski definition) is 0. The summed E-state index contributed by atoms with van der Waals surface area (Å²) in [6.07, 6.45) is 10.9. The first-order valence-electron chi connectivity index (χ1n) is 5.62. The monoisotopic (exact) mass is 235 g/mol. The predicted molar refractivity (Wildman–Crippen MR) is 66.8 cm³/mol. The van der Waals surface area contributed by atoms with E-state index in [0.29, 0.717) is 5.95 Å². The van der Waals surface area contributed by atoms with Crippen LogP contribution in [0.25, 0.3) is 17.1 Å². The van der Waals surface area contributed by atoms with E-state index in [1.165, 1.54) is 0 Å². The van der Waals surface area contributed by atoms with Crippen LogP contribution in [0.1, 0.15) is 0 Å². The summed E-state index contributed by atoms with van der Waals surface area (Å²) in [5, 5.41) is 0. The molecule has 0 aromatic carbocycles. The van der Waals surface area contributed by atoms with Crippen molar-refractivity contribution in [1.29, 1.82) is 0 Å². The zero-order chi connectivity index (χ0) is 12.2. The Morgan fingerprint density at radius 3 is 2.00 bits per heavy atom. The van der Waals surface area contributed by atoms with Gasteiger partial charge in [-0.3, -0.25) is 4.98 Å². The van der Waals surface area contributed by atoms with E-state index >= 15 is 0 Å². The van der Waals surface area contributed by atoms with Crippen LogP contribution in [0.15, 0.2) is 67.5 Å². The Hall–Kier alpha value is -2.62. The number of aromatic nitrogens is 4. The highest BCUT2D eigenvalue weighted by atomic mass is 15.1. The molecule has 18 heavy (non-hydrogen) atoms. The van der Waals surface area contributed by atoms with Gasteiger partial charge in [0.2, 0.25) is 0 Å². The Bertz CT molecular complexity index is 562. The van der Waals surface area contributed by atoms with Crippen molar-refractivity contribution in [2.24, 2.45) is 0 Å². The van der Waals surface area contributed by atoms with Crippen molar-refractivity contribution in [3.8, 4) is 17.1 Å². The summed E-state index contributed by atoms with van der Waals surface area (Å²) < 4.78 is 1.88. The Morgan fingerprint density at radius 1 is 0.722 bits per heavy atom. The highest BCUT2D eigenvalue weighted by molar-refractivity contribution is 5.61. The van der Waals surface area contributed by atoms with Gasteiger partial charge in [0.1, 0.15) is 12.4 Å². The maximum absolute atomic E-state index is 4.19. The maximum atomic E-state index is 4.19. The van der Waals surface area contributed by atoms with Gasteiger partial charge < -0.3 is 0 Å². The molecule has 0 bridgehead atoms. The molecule has 0 saturated carbocycles. The molecule has 3 heterocycles. The molecule has 3 aromatic rings. The topological polar surface area (TPSA) is 42.5 Å². The first-order chi connectivity index (χ1) is 8.93. The van der Waals surface area contributed by atoms with Crippen LogP contribution in [0.3, 0.4) is 0 Å². The molecule has 0 spiro atoms. The SMILES string of the molecule is c1cnc(-[n+]2ccc(-c3ccncc3)cc2)nc1. The zero-order valence-corrected chi connectivity index (χ0v) is 9.64. The summed E-state index contributed by atoms with van der Waals surface area (Å²) in [7, 11) is 0. The van der Waals surface area contributed by atoms with Gasteiger partial charge in [0.05, 0.1) is 12.4 Å². The van der Waals surface area contributed by atoms with Crippen molar-refractivity contribution in [1.82, 2.24) is 15.0 Å². The van der Waals surface area contributed by atoms with Crippen molar-refractivity contribution in [3.05, 3.63) is 67.5 Å². The average Bonchev–Trinajstić information content (AvgIpc) is 2.49. The molecule has 4 heteroatoms. The summed E-state index contributed by atoms with van der Waals surface area (Å²) >= 11 is 0. The lowest BCUT2D eigenvalue weighted by Gasteiger charge is -2.01. The zero-order valence-electron chi connectivity index (χ0n) is 9.64. The van der Waals surface area contributed by atoms with Gasteiger partial charge in [-0.1, -0.05) is 9.97 Å². The fraction of sp³-hybridized carbons (Fsp3) is 0. The van der Waals surface area contributed by atoms with E-state index in [4.69, 9.17) is 0 Å². The molecule has 0 fully saturated rings. The number of rotatable bonds is 2. The average molecular weight is 235 g/mol. The minimum absolute atomic E-state index is 0.666. The van der Waals surface area contributed by atoms with Crippen LogP contribution in [0.2, 0.25) is 0 Å². The number of nitrogens with zero attached hydrogens (tertiary/aromatic N) is 4. The first-order valence-corrected chi connectivity index (χ1v) is 5.62. The summed E-state index contributed by atoms with van der Waals surface area (Å²) in [4.78, 5) is 12.4. The Balaban J connectivity index is 1.95. The van der Waals surface area contributed by atoms with E-state index in [1.54, 1.807) is 30.9 Å². The fourth-order valence-corrected chi connectivity index (χ4v) is 1.72. The van der Waals surface area contributed by atoms with Crippen molar-refractivity contribution < 1.29 is 4.57 Å². The standard InChI is InChI=1S/C14H11N4/c1-6-16-14(17-7-1)18-10-4-13(5-11-18)12-2-8-15-9-3-12/h1-11H/q+1. The smallest absolute Gasteiger partial charge is 0.265 e. The van der Waals surface area contributed by atoms with E-state index in [9.17, 15) is 0 Å². The fourth-order valence-electron chi connectivity index (χ4n) is 1.72. The first kappa shape index (κ1) is 10.5. The summed E-state index contributed by atoms with van der Waals surface area (Å²) in [6, 6.07) is 9.84. The van der Waals surface area contributed by atoms with E-state index in [2.05, 4.69) is 15.0 Å². The highest BCUT2D eigenvalue weighted by Crippen LogP contribution is 2.15. The summed E-state index contributed by atoms with van der Waals surface area (Å²) in [6.45, 7) is 0. The molecule has 0 aliphatic heterocycles. The molecule has 0 aliphatic rings. The van der Waals surface area contributed by atoms with Gasteiger partial charge in [-0.15, -0.1) is 0 Å². The minimum atomic E-state index is 0.666. The Kier molecular flexibility index (Phi) is 2.75. The molecule has 4 nitrogen and oxygen atoms in total. The van der Waals surface area contributed by atoms with E-state index in [-0.39, 0.29) is 0 Å². The maximum Gasteiger partial charge on any atom is 0.437 e. The Morgan fingerprint density at radius 2 is 1.33 bits per heavy atom. The molecule has 0 saturated heterocycles. The molecule has 0 amide bonds. The predicted octanol–water partition coefficient (Wildman–Crippen LogP) is 1.82. The van der Waals surface area contributed by atoms with Crippen LogP contribution in [-0.2, 0) is 0 Å². The molecule has 0 unspecified atom stereocenters. The minimum Gasteiger partial charge on any atom is -0.265 e. The van der Waals surface area contributed by atoms with Crippen LogP contribution in [0, 0.1) is 0 Å². The highest BCUT2D eigenvalue weighted by Gasteiger charge is 2.06. The molecule has 86 valence electrons. The second-order valence-corrected chi connectivity index (χ2v) is 3.78. The summed E-state index contributed by atoms with van der Waals surface area (Å²) in [5.41, 5.74) is 2.29. The molecule has 0 atom stereocenters. The van der Waals surface area contributed by atoms with Gasteiger partial charge in [0, 0.05) is 18.5 Å². The van der Waals surface area contributed by atoms with Crippen LogP contribution >= 0.6 is 0 Å². The molecule has 0 N–H and O–H groups in total. The van der Waals surface area contributed by atoms with Gasteiger partial charge in [0.15, 0.2) is 0 Å². The van der Waals surface area contributed by atoms with Crippen LogP contribution in [0.4, 0.5) is 0 Å². The van der Waals surface area contributed by atoms with Gasteiger partial charge in [-0.2, -0.15) is 0 Å². The molecule has 0 radical (unpaired) electrons. The number of hydrogen-bond acceptors (Lipinski definition) is 3. The molecule has 3 rings (SSSR count). The third kappa shape index (κ3) is 2.08. The van der Waals surface area contributed by atoms with Gasteiger partial charge in [-0.25, -0.2) is 4.57 Å². The van der Waals surface area contributed by atoms with E-state index in [0.717, 1.165) is 11.1 Å². The van der Waals surface area contributed by atoms with Gasteiger partial charge >= 0.3 is 5.95 Å². The van der Waals surface area contributed by atoms with Crippen molar-refractivity contribution in [2.75, 3.05) is 0 Å². The van der Waals surface area contributed by atoms with Crippen molar-refractivity contribution in [2.45, 2.75) is 0 Å². The quantitative estimate of drug-likeness (QED) is 0.636. The van der Waals surface area contributed by atoms with E-state index in [1.807, 2.05) is 41.2 Å². The largest absolute Gasteiger partial charge is 0.437 e. The van der Waals surface area contributed by atoms with E-state index < -0.39 is 0 Å². The third-order valence-electron chi connectivity index (χ3n) is 2.63. The lowest BCUT2D eigenvalue weighted by Crippen LogP contribution is -2.31. The Labute approximate surface area is 105 Å². The normalized spacial score (nSPS) is 10.2. The number of pyridine rings is 2. The lowest BCUT2D eigenvalue weighted by molar-refractivity contribution is -0.603. The molecule has 3 aromatic heterocycles. The second-order valence-electron chi connectivity index (χ2n) is 3.78. The van der Waals surface area contributed by atoms with Crippen molar-refractivity contribution >= 4 is 0 Å². The molecular weight excluding hydrogens is 224 g/mol.